The van der Waals surface area contributed by atoms with Gasteiger partial charge in [-0.15, -0.1) is 0 Å². The lowest BCUT2D eigenvalue weighted by Gasteiger charge is -2.21. The Morgan fingerprint density at radius 1 is 1.33 bits per heavy atom. The Hall–Kier alpha value is -1.43. The molecule has 0 aromatic carbocycles. The highest BCUT2D eigenvalue weighted by Crippen LogP contribution is 2.27. The first-order valence-corrected chi connectivity index (χ1v) is 7.73. The van der Waals surface area contributed by atoms with Crippen LogP contribution in [0.3, 0.4) is 0 Å². The molecule has 0 radical (unpaired) electrons. The summed E-state index contributed by atoms with van der Waals surface area (Å²) in [5, 5.41) is 19.2. The average Bonchev–Trinajstić information content (AvgIpc) is 2.65. The van der Waals surface area contributed by atoms with Crippen molar-refractivity contribution in [3.05, 3.63) is 21.5 Å². The molecule has 0 amide bonds. The van der Waals surface area contributed by atoms with Crippen LogP contribution in [0.2, 0.25) is 0 Å². The second-order valence-corrected chi connectivity index (χ2v) is 6.26. The van der Waals surface area contributed by atoms with E-state index in [1.165, 1.54) is 0 Å². The first-order valence-electron chi connectivity index (χ1n) is 7.73. The molecule has 0 fully saturated rings. The number of aryl methyl sites for hydroxylation is 1. The van der Waals surface area contributed by atoms with Crippen molar-refractivity contribution in [3.8, 4) is 0 Å². The largest absolute Gasteiger partial charge is 0.314 e. The third kappa shape index (κ3) is 4.52. The molecule has 1 heterocycles. The predicted octanol–water partition coefficient (Wildman–Crippen LogP) is 3.25. The minimum atomic E-state index is -0.297. The van der Waals surface area contributed by atoms with Gasteiger partial charge in [0.2, 0.25) is 0 Å². The Balaban J connectivity index is 3.16. The van der Waals surface area contributed by atoms with Crippen LogP contribution in [0.4, 0.5) is 5.69 Å². The molecule has 120 valence electrons. The Morgan fingerprint density at radius 2 is 1.95 bits per heavy atom. The Bertz CT molecular complexity index is 480. The van der Waals surface area contributed by atoms with Gasteiger partial charge in [-0.25, -0.2) is 0 Å². The first kappa shape index (κ1) is 17.6. The van der Waals surface area contributed by atoms with Crippen LogP contribution >= 0.6 is 0 Å². The van der Waals surface area contributed by atoms with Crippen molar-refractivity contribution >= 4 is 5.69 Å². The second-order valence-electron chi connectivity index (χ2n) is 6.26. The van der Waals surface area contributed by atoms with Crippen LogP contribution in [0, 0.1) is 23.0 Å². The van der Waals surface area contributed by atoms with Gasteiger partial charge in [0.05, 0.1) is 4.92 Å². The zero-order chi connectivity index (χ0) is 16.2. The predicted molar refractivity (Wildman–Crippen MR) is 84.6 cm³/mol. The van der Waals surface area contributed by atoms with Crippen LogP contribution in [-0.4, -0.2) is 27.3 Å². The van der Waals surface area contributed by atoms with Gasteiger partial charge in [-0.3, -0.25) is 14.8 Å². The van der Waals surface area contributed by atoms with Crippen LogP contribution < -0.4 is 5.32 Å². The maximum atomic E-state index is 11.4. The molecular weight excluding hydrogens is 268 g/mol. The molecule has 0 aliphatic heterocycles. The van der Waals surface area contributed by atoms with E-state index in [1.807, 2.05) is 13.8 Å². The van der Waals surface area contributed by atoms with Crippen molar-refractivity contribution in [1.29, 1.82) is 0 Å². The summed E-state index contributed by atoms with van der Waals surface area (Å²) in [5.41, 5.74) is 1.41. The first-order chi connectivity index (χ1) is 9.77. The van der Waals surface area contributed by atoms with Gasteiger partial charge < -0.3 is 5.32 Å². The van der Waals surface area contributed by atoms with Gasteiger partial charge in [-0.1, -0.05) is 20.8 Å². The molecule has 1 unspecified atom stereocenters. The fraction of sp³-hybridized carbons (Fsp3) is 0.800. The number of likely N-dealkylation sites (N-methyl/N-ethyl adjacent to an activating group) is 1. The van der Waals surface area contributed by atoms with Crippen LogP contribution in [0.1, 0.15) is 58.5 Å². The third-order valence-corrected chi connectivity index (χ3v) is 3.51. The monoisotopic (exact) mass is 296 g/mol. The minimum absolute atomic E-state index is 0.119. The summed E-state index contributed by atoms with van der Waals surface area (Å²) in [7, 11) is 0. The smallest absolute Gasteiger partial charge is 0.313 e. The van der Waals surface area contributed by atoms with Gasteiger partial charge in [0.25, 0.3) is 0 Å². The molecule has 0 saturated carbocycles. The lowest BCUT2D eigenvalue weighted by Crippen LogP contribution is -2.33. The molecule has 1 atom stereocenters. The molecule has 0 saturated heterocycles. The topological polar surface area (TPSA) is 73.0 Å². The molecule has 1 rings (SSSR count). The van der Waals surface area contributed by atoms with E-state index in [1.54, 1.807) is 11.6 Å². The normalized spacial score (nSPS) is 13.1. The highest BCUT2D eigenvalue weighted by molar-refractivity contribution is 5.41. The van der Waals surface area contributed by atoms with E-state index < -0.39 is 0 Å². The van der Waals surface area contributed by atoms with Crippen LogP contribution in [0.15, 0.2) is 0 Å². The van der Waals surface area contributed by atoms with Crippen molar-refractivity contribution in [2.45, 2.75) is 66.5 Å². The Kier molecular flexibility index (Phi) is 6.33. The standard InChI is InChI=1S/C15H28N4O2/c1-7-16-13(8-10(2)3)9-14-15(19(20)21)12(6)17-18(14)11(4)5/h10-11,13,16H,7-9H2,1-6H3. The van der Waals surface area contributed by atoms with Crippen molar-refractivity contribution in [2.75, 3.05) is 6.54 Å². The quantitative estimate of drug-likeness (QED) is 0.590. The van der Waals surface area contributed by atoms with Crippen LogP contribution in [0.5, 0.6) is 0 Å². The molecule has 0 bridgehead atoms. The van der Waals surface area contributed by atoms with Crippen molar-refractivity contribution in [1.82, 2.24) is 15.1 Å². The van der Waals surface area contributed by atoms with Gasteiger partial charge in [-0.05, 0) is 39.7 Å². The summed E-state index contributed by atoms with van der Waals surface area (Å²) in [6, 6.07) is 0.357. The summed E-state index contributed by atoms with van der Waals surface area (Å²) in [5.74, 6) is 0.546. The van der Waals surface area contributed by atoms with Gasteiger partial charge in [0.15, 0.2) is 0 Å². The van der Waals surface area contributed by atoms with E-state index in [0.717, 1.165) is 18.7 Å². The zero-order valence-electron chi connectivity index (χ0n) is 14.0. The van der Waals surface area contributed by atoms with Crippen LogP contribution in [-0.2, 0) is 6.42 Å². The van der Waals surface area contributed by atoms with Crippen molar-refractivity contribution < 1.29 is 4.92 Å². The molecule has 0 spiro atoms. The maximum Gasteiger partial charge on any atom is 0.313 e. The lowest BCUT2D eigenvalue weighted by atomic mass is 9.99. The van der Waals surface area contributed by atoms with Gasteiger partial charge in [0, 0.05) is 18.5 Å². The summed E-state index contributed by atoms with van der Waals surface area (Å²) in [4.78, 5) is 11.1. The van der Waals surface area contributed by atoms with E-state index in [2.05, 4.69) is 31.2 Å². The number of nitrogens with zero attached hydrogens (tertiary/aromatic N) is 3. The summed E-state index contributed by atoms with van der Waals surface area (Å²) >= 11 is 0. The fourth-order valence-corrected chi connectivity index (χ4v) is 2.77. The molecular formula is C15H28N4O2. The number of rotatable bonds is 8. The molecule has 21 heavy (non-hydrogen) atoms. The second kappa shape index (κ2) is 7.54. The number of nitro groups is 1. The van der Waals surface area contributed by atoms with Crippen LogP contribution in [0.25, 0.3) is 0 Å². The van der Waals surface area contributed by atoms with E-state index in [9.17, 15) is 10.1 Å². The van der Waals surface area contributed by atoms with Gasteiger partial charge in [0.1, 0.15) is 11.4 Å². The highest BCUT2D eigenvalue weighted by Gasteiger charge is 2.28. The molecule has 0 aliphatic rings. The SMILES string of the molecule is CCNC(Cc1c([N+](=O)[O-])c(C)nn1C(C)C)CC(C)C. The fourth-order valence-electron chi connectivity index (χ4n) is 2.77. The van der Waals surface area contributed by atoms with E-state index in [-0.39, 0.29) is 22.7 Å². The maximum absolute atomic E-state index is 11.4. The molecule has 6 heteroatoms. The van der Waals surface area contributed by atoms with Crippen molar-refractivity contribution in [2.24, 2.45) is 5.92 Å². The van der Waals surface area contributed by atoms with Crippen molar-refractivity contribution in [3.63, 3.8) is 0 Å². The minimum Gasteiger partial charge on any atom is -0.314 e. The number of aromatic nitrogens is 2. The van der Waals surface area contributed by atoms with E-state index in [0.29, 0.717) is 18.0 Å². The third-order valence-electron chi connectivity index (χ3n) is 3.51. The molecule has 1 N–H and O–H groups in total. The Labute approximate surface area is 127 Å². The molecule has 1 aromatic rings. The molecule has 6 nitrogen and oxygen atoms in total. The zero-order valence-corrected chi connectivity index (χ0v) is 14.0. The number of nitrogens with one attached hydrogen (secondary N) is 1. The number of hydrogen-bond donors (Lipinski definition) is 1. The van der Waals surface area contributed by atoms with E-state index in [4.69, 9.17) is 0 Å². The molecule has 0 aliphatic carbocycles. The number of hydrogen-bond acceptors (Lipinski definition) is 4. The summed E-state index contributed by atoms with van der Waals surface area (Å²) in [6.45, 7) is 13.0. The summed E-state index contributed by atoms with van der Waals surface area (Å²) in [6.07, 6.45) is 1.63. The summed E-state index contributed by atoms with van der Waals surface area (Å²) < 4.78 is 1.80. The Morgan fingerprint density at radius 3 is 2.38 bits per heavy atom. The molecule has 1 aromatic heterocycles. The highest BCUT2D eigenvalue weighted by atomic mass is 16.6. The lowest BCUT2D eigenvalue weighted by molar-refractivity contribution is -0.386. The van der Waals surface area contributed by atoms with Gasteiger partial charge >= 0.3 is 5.69 Å². The average molecular weight is 296 g/mol. The van der Waals surface area contributed by atoms with E-state index >= 15 is 0 Å². The van der Waals surface area contributed by atoms with Gasteiger partial charge in [-0.2, -0.15) is 5.10 Å².